The molecule has 3 nitrogen and oxygen atoms in total. The van der Waals surface area contributed by atoms with E-state index < -0.39 is 13.5 Å². The molecule has 0 aromatic heterocycles. The second-order valence-corrected chi connectivity index (χ2v) is 10.2. The Hall–Kier alpha value is -0.960. The van der Waals surface area contributed by atoms with Crippen molar-refractivity contribution in [1.29, 1.82) is 0 Å². The van der Waals surface area contributed by atoms with Gasteiger partial charge < -0.3 is 9.05 Å². The maximum Gasteiger partial charge on any atom is 0.368 e. The van der Waals surface area contributed by atoms with Crippen LogP contribution in [-0.2, 0) is 13.6 Å². The Kier molecular flexibility index (Phi) is 14.2. The first-order chi connectivity index (χ1) is 14.5. The molecule has 0 bridgehead atoms. The Labute approximate surface area is 184 Å². The zero-order valence-electron chi connectivity index (χ0n) is 19.4. The maximum absolute atomic E-state index is 15.2. The molecule has 0 aliphatic rings. The van der Waals surface area contributed by atoms with Crippen molar-refractivity contribution in [2.45, 2.75) is 85.0 Å². The van der Waals surface area contributed by atoms with Crippen LogP contribution in [0.2, 0.25) is 0 Å². The van der Waals surface area contributed by atoms with E-state index in [2.05, 4.69) is 27.7 Å². The highest BCUT2D eigenvalue weighted by Crippen LogP contribution is 2.55. The summed E-state index contributed by atoms with van der Waals surface area (Å²) in [5, 5.41) is 0. The number of rotatable bonds is 17. The molecule has 0 radical (unpaired) electrons. The lowest BCUT2D eigenvalue weighted by molar-refractivity contribution is 0.138. The summed E-state index contributed by atoms with van der Waals surface area (Å²) in [6.07, 6.45) is 11.2. The molecule has 0 heterocycles. The van der Waals surface area contributed by atoms with E-state index >= 15 is 4.39 Å². The van der Waals surface area contributed by atoms with Gasteiger partial charge in [0.15, 0.2) is 0 Å². The van der Waals surface area contributed by atoms with Gasteiger partial charge in [-0.15, -0.1) is 0 Å². The van der Waals surface area contributed by atoms with Crippen molar-refractivity contribution < 1.29 is 18.0 Å². The van der Waals surface area contributed by atoms with Crippen LogP contribution >= 0.6 is 7.60 Å². The van der Waals surface area contributed by atoms with Crippen LogP contribution in [0.25, 0.3) is 6.08 Å². The van der Waals surface area contributed by atoms with Crippen LogP contribution in [0.15, 0.2) is 36.4 Å². The summed E-state index contributed by atoms with van der Waals surface area (Å²) in [6, 6.07) is 9.44. The zero-order chi connectivity index (χ0) is 22.2. The third-order valence-corrected chi connectivity index (χ3v) is 7.41. The monoisotopic (exact) mass is 440 g/mol. The van der Waals surface area contributed by atoms with Gasteiger partial charge >= 0.3 is 7.60 Å². The lowest BCUT2D eigenvalue weighted by Gasteiger charge is -2.25. The fourth-order valence-corrected chi connectivity index (χ4v) is 4.75. The Morgan fingerprint density at radius 1 is 0.900 bits per heavy atom. The Bertz CT molecular complexity index is 596. The topological polar surface area (TPSA) is 35.5 Å². The minimum atomic E-state index is -3.90. The van der Waals surface area contributed by atoms with Crippen molar-refractivity contribution in [3.8, 4) is 0 Å². The number of halogens is 1. The molecule has 0 aliphatic heterocycles. The van der Waals surface area contributed by atoms with Gasteiger partial charge in [0.2, 0.25) is 5.91 Å². The first-order valence-corrected chi connectivity index (χ1v) is 13.4. The summed E-state index contributed by atoms with van der Waals surface area (Å²) in [5.74, 6) is -1.23. The van der Waals surface area contributed by atoms with E-state index in [0.717, 1.165) is 56.9 Å². The van der Waals surface area contributed by atoms with E-state index in [9.17, 15) is 4.57 Å². The van der Waals surface area contributed by atoms with Gasteiger partial charge in [0, 0.05) is 0 Å². The van der Waals surface area contributed by atoms with Gasteiger partial charge in [0.05, 0.1) is 13.2 Å². The highest BCUT2D eigenvalue weighted by Gasteiger charge is 2.36. The first kappa shape index (κ1) is 27.1. The van der Waals surface area contributed by atoms with Crippen molar-refractivity contribution in [2.24, 2.45) is 11.8 Å². The molecule has 1 rings (SSSR count). The van der Waals surface area contributed by atoms with Crippen molar-refractivity contribution in [3.63, 3.8) is 0 Å². The molecule has 0 saturated carbocycles. The molecule has 1 aromatic carbocycles. The molecule has 0 spiro atoms. The number of hydrogen-bond acceptors (Lipinski definition) is 3. The van der Waals surface area contributed by atoms with Gasteiger partial charge in [-0.2, -0.15) is 0 Å². The second-order valence-electron chi connectivity index (χ2n) is 8.11. The van der Waals surface area contributed by atoms with Crippen LogP contribution in [0, 0.1) is 11.8 Å². The molecule has 3 atom stereocenters. The fourth-order valence-electron chi connectivity index (χ4n) is 3.25. The van der Waals surface area contributed by atoms with Crippen LogP contribution in [0.1, 0.15) is 84.6 Å². The molecule has 3 unspecified atom stereocenters. The van der Waals surface area contributed by atoms with Gasteiger partial charge in [0.25, 0.3) is 0 Å². The molecule has 30 heavy (non-hydrogen) atoms. The Morgan fingerprint density at radius 3 is 1.83 bits per heavy atom. The highest BCUT2D eigenvalue weighted by atomic mass is 31.2. The van der Waals surface area contributed by atoms with Crippen molar-refractivity contribution in [1.82, 2.24) is 0 Å². The van der Waals surface area contributed by atoms with Crippen molar-refractivity contribution >= 4 is 13.7 Å². The molecule has 0 amide bonds. The largest absolute Gasteiger partial charge is 0.368 e. The fraction of sp³-hybridized carbons (Fsp3) is 0.680. The van der Waals surface area contributed by atoms with E-state index in [1.54, 1.807) is 6.08 Å². The number of alkyl halides is 1. The van der Waals surface area contributed by atoms with Gasteiger partial charge in [-0.3, -0.25) is 4.57 Å². The van der Waals surface area contributed by atoms with E-state index in [4.69, 9.17) is 9.05 Å². The summed E-state index contributed by atoms with van der Waals surface area (Å²) < 4.78 is 40.1. The summed E-state index contributed by atoms with van der Waals surface area (Å²) >= 11 is 0. The second kappa shape index (κ2) is 15.8. The van der Waals surface area contributed by atoms with Crippen molar-refractivity contribution in [3.05, 3.63) is 42.0 Å². The summed E-state index contributed by atoms with van der Waals surface area (Å²) in [6.45, 7) is 9.03. The lowest BCUT2D eigenvalue weighted by Crippen LogP contribution is -2.16. The molecule has 0 saturated heterocycles. The third kappa shape index (κ3) is 10.4. The standard InChI is InChI=1S/C25H42FO3P/c1-5-9-14-22(7-3)20-28-30(27,29-21-23(8-4)15-10-6-2)25(26)19-18-24-16-12-11-13-17-24/h11-13,16-19,22-23,25H,5-10,14-15,20-21H2,1-4H3/b19-18+. The van der Waals surface area contributed by atoms with Gasteiger partial charge in [-0.05, 0) is 36.3 Å². The molecule has 0 fully saturated rings. The molecular weight excluding hydrogens is 398 g/mol. The third-order valence-electron chi connectivity index (χ3n) is 5.62. The normalized spacial score (nSPS) is 17.0. The average Bonchev–Trinajstić information content (AvgIpc) is 2.78. The minimum absolute atomic E-state index is 0.272. The summed E-state index contributed by atoms with van der Waals surface area (Å²) in [7, 11) is -3.90. The van der Waals surface area contributed by atoms with Gasteiger partial charge in [-0.1, -0.05) is 103 Å². The number of benzene rings is 1. The van der Waals surface area contributed by atoms with E-state index in [1.807, 2.05) is 30.3 Å². The SMILES string of the molecule is CCCCC(CC)COP(=O)(OCC(CC)CCCC)C(F)/C=C/c1ccccc1. The Morgan fingerprint density at radius 2 is 1.40 bits per heavy atom. The van der Waals surface area contributed by atoms with Crippen LogP contribution in [0.4, 0.5) is 4.39 Å². The molecular formula is C25H42FO3P. The highest BCUT2D eigenvalue weighted by molar-refractivity contribution is 7.54. The minimum Gasteiger partial charge on any atom is -0.306 e. The predicted octanol–water partition coefficient (Wildman–Crippen LogP) is 8.65. The number of unbranched alkanes of at least 4 members (excludes halogenated alkanes) is 2. The maximum atomic E-state index is 15.2. The van der Waals surface area contributed by atoms with Crippen LogP contribution in [0.5, 0.6) is 0 Å². The quantitative estimate of drug-likeness (QED) is 0.227. The summed E-state index contributed by atoms with van der Waals surface area (Å²) in [4.78, 5) is 0. The molecule has 172 valence electrons. The van der Waals surface area contributed by atoms with Gasteiger partial charge in [-0.25, -0.2) is 4.39 Å². The van der Waals surface area contributed by atoms with E-state index in [0.29, 0.717) is 0 Å². The summed E-state index contributed by atoms with van der Waals surface area (Å²) in [5.41, 5.74) is 0.857. The Balaban J connectivity index is 2.86. The van der Waals surface area contributed by atoms with Crippen LogP contribution < -0.4 is 0 Å². The lowest BCUT2D eigenvalue weighted by atomic mass is 10.0. The van der Waals surface area contributed by atoms with E-state index in [-0.39, 0.29) is 25.0 Å². The zero-order valence-corrected chi connectivity index (χ0v) is 20.3. The number of allylic oxidation sites excluding steroid dienone is 1. The molecule has 0 aliphatic carbocycles. The van der Waals surface area contributed by atoms with Crippen LogP contribution in [-0.4, -0.2) is 19.1 Å². The number of hydrogen-bond donors (Lipinski definition) is 0. The molecule has 1 aromatic rings. The van der Waals surface area contributed by atoms with Crippen LogP contribution in [0.3, 0.4) is 0 Å². The molecule has 0 N–H and O–H groups in total. The van der Waals surface area contributed by atoms with Gasteiger partial charge in [0.1, 0.15) is 0 Å². The van der Waals surface area contributed by atoms with E-state index in [1.165, 1.54) is 6.08 Å². The first-order valence-electron chi connectivity index (χ1n) is 11.7. The van der Waals surface area contributed by atoms with Crippen molar-refractivity contribution in [2.75, 3.05) is 13.2 Å². The molecule has 5 heteroatoms. The smallest absolute Gasteiger partial charge is 0.306 e. The predicted molar refractivity (Wildman–Crippen MR) is 126 cm³/mol. The average molecular weight is 441 g/mol.